The average molecular weight is 506 g/mol. The van der Waals surface area contributed by atoms with E-state index >= 15 is 0 Å². The second kappa shape index (κ2) is 10.7. The van der Waals surface area contributed by atoms with Crippen molar-refractivity contribution in [2.45, 2.75) is 24.9 Å². The summed E-state index contributed by atoms with van der Waals surface area (Å²) in [7, 11) is -3.92. The predicted molar refractivity (Wildman–Crippen MR) is 138 cm³/mol. The SMILES string of the molecule is Cc1ccc(S(=O)(=O)Nc2ccc(Cl)cc2C(=O)N(Cc2ccccc2)Cc2cccnc2)cc1. The number of aromatic nitrogens is 1. The molecular weight excluding hydrogens is 482 g/mol. The molecule has 0 bridgehead atoms. The van der Waals surface area contributed by atoms with Crippen LogP contribution >= 0.6 is 11.6 Å². The molecular formula is C27H24ClN3O3S. The predicted octanol–water partition coefficient (Wildman–Crippen LogP) is 5.69. The molecule has 4 aromatic rings. The number of benzene rings is 3. The number of aryl methyl sites for hydroxylation is 1. The first-order valence-electron chi connectivity index (χ1n) is 10.9. The second-order valence-electron chi connectivity index (χ2n) is 8.12. The minimum absolute atomic E-state index is 0.105. The van der Waals surface area contributed by atoms with E-state index < -0.39 is 10.0 Å². The lowest BCUT2D eigenvalue weighted by atomic mass is 10.1. The Morgan fingerprint density at radius 1 is 0.914 bits per heavy atom. The molecule has 0 saturated heterocycles. The molecule has 0 atom stereocenters. The second-order valence-corrected chi connectivity index (χ2v) is 10.2. The third-order valence-electron chi connectivity index (χ3n) is 5.39. The number of rotatable bonds is 8. The highest BCUT2D eigenvalue weighted by Gasteiger charge is 2.23. The molecule has 4 rings (SSSR count). The van der Waals surface area contributed by atoms with Crippen LogP contribution in [0.25, 0.3) is 0 Å². The summed E-state index contributed by atoms with van der Waals surface area (Å²) in [6.45, 7) is 2.49. The molecule has 1 heterocycles. The van der Waals surface area contributed by atoms with Gasteiger partial charge in [0.15, 0.2) is 0 Å². The smallest absolute Gasteiger partial charge is 0.261 e. The lowest BCUT2D eigenvalue weighted by Gasteiger charge is -2.24. The molecule has 6 nitrogen and oxygen atoms in total. The summed E-state index contributed by atoms with van der Waals surface area (Å²) in [4.78, 5) is 19.7. The van der Waals surface area contributed by atoms with E-state index in [-0.39, 0.29) is 28.6 Å². The number of carbonyl (C=O) groups excluding carboxylic acids is 1. The van der Waals surface area contributed by atoms with Gasteiger partial charge in [-0.1, -0.05) is 65.7 Å². The Balaban J connectivity index is 1.69. The van der Waals surface area contributed by atoms with E-state index in [1.807, 2.05) is 43.3 Å². The van der Waals surface area contributed by atoms with Crippen molar-refractivity contribution < 1.29 is 13.2 Å². The molecule has 0 aliphatic carbocycles. The highest BCUT2D eigenvalue weighted by atomic mass is 35.5. The van der Waals surface area contributed by atoms with Crippen molar-refractivity contribution >= 4 is 33.2 Å². The van der Waals surface area contributed by atoms with E-state index in [0.717, 1.165) is 16.7 Å². The number of amides is 1. The van der Waals surface area contributed by atoms with Crippen molar-refractivity contribution in [3.63, 3.8) is 0 Å². The number of anilines is 1. The van der Waals surface area contributed by atoms with Gasteiger partial charge >= 0.3 is 0 Å². The maximum atomic E-state index is 13.8. The van der Waals surface area contributed by atoms with Crippen LogP contribution < -0.4 is 4.72 Å². The van der Waals surface area contributed by atoms with Crippen LogP contribution in [0.15, 0.2) is 102 Å². The Labute approximate surface area is 210 Å². The van der Waals surface area contributed by atoms with Crippen LogP contribution in [0, 0.1) is 6.92 Å². The molecule has 8 heteroatoms. The summed E-state index contributed by atoms with van der Waals surface area (Å²) >= 11 is 6.23. The molecule has 0 unspecified atom stereocenters. The zero-order valence-corrected chi connectivity index (χ0v) is 20.6. The minimum Gasteiger partial charge on any atom is -0.330 e. The Morgan fingerprint density at radius 3 is 2.29 bits per heavy atom. The van der Waals surface area contributed by atoms with Crippen molar-refractivity contribution in [3.8, 4) is 0 Å². The molecule has 0 aliphatic heterocycles. The van der Waals surface area contributed by atoms with Gasteiger partial charge in [0.25, 0.3) is 15.9 Å². The minimum atomic E-state index is -3.92. The van der Waals surface area contributed by atoms with E-state index in [1.54, 1.807) is 41.6 Å². The lowest BCUT2D eigenvalue weighted by molar-refractivity contribution is 0.0731. The van der Waals surface area contributed by atoms with Gasteiger partial charge in [-0.15, -0.1) is 0 Å². The van der Waals surface area contributed by atoms with Crippen LogP contribution in [-0.4, -0.2) is 24.2 Å². The van der Waals surface area contributed by atoms with E-state index in [4.69, 9.17) is 11.6 Å². The molecule has 3 aromatic carbocycles. The fourth-order valence-electron chi connectivity index (χ4n) is 3.59. The van der Waals surface area contributed by atoms with Crippen LogP contribution in [0.3, 0.4) is 0 Å². The summed E-state index contributed by atoms with van der Waals surface area (Å²) in [6, 6.07) is 24.3. The number of halogens is 1. The highest BCUT2D eigenvalue weighted by molar-refractivity contribution is 7.92. The number of nitrogens with zero attached hydrogens (tertiary/aromatic N) is 2. The van der Waals surface area contributed by atoms with Crippen molar-refractivity contribution in [2.24, 2.45) is 0 Å². The summed E-state index contributed by atoms with van der Waals surface area (Å²) in [5, 5.41) is 0.327. The van der Waals surface area contributed by atoms with Gasteiger partial charge in [-0.25, -0.2) is 8.42 Å². The molecule has 0 radical (unpaired) electrons. The molecule has 1 N–H and O–H groups in total. The Morgan fingerprint density at radius 2 is 1.60 bits per heavy atom. The van der Waals surface area contributed by atoms with Gasteiger partial charge in [-0.3, -0.25) is 14.5 Å². The van der Waals surface area contributed by atoms with E-state index in [1.165, 1.54) is 24.3 Å². The quantitative estimate of drug-likeness (QED) is 0.334. The van der Waals surface area contributed by atoms with Crippen LogP contribution in [-0.2, 0) is 23.1 Å². The van der Waals surface area contributed by atoms with Crippen LogP contribution in [0.4, 0.5) is 5.69 Å². The van der Waals surface area contributed by atoms with Gasteiger partial charge in [-0.2, -0.15) is 0 Å². The first-order valence-corrected chi connectivity index (χ1v) is 12.8. The van der Waals surface area contributed by atoms with Gasteiger partial charge < -0.3 is 4.90 Å². The van der Waals surface area contributed by atoms with Gasteiger partial charge in [0.2, 0.25) is 0 Å². The highest BCUT2D eigenvalue weighted by Crippen LogP contribution is 2.26. The summed E-state index contributed by atoms with van der Waals surface area (Å²) < 4.78 is 28.7. The molecule has 0 saturated carbocycles. The summed E-state index contributed by atoms with van der Waals surface area (Å²) in [6.07, 6.45) is 3.37. The van der Waals surface area contributed by atoms with Gasteiger partial charge in [0.1, 0.15) is 0 Å². The normalized spacial score (nSPS) is 11.1. The zero-order valence-electron chi connectivity index (χ0n) is 19.1. The first-order chi connectivity index (χ1) is 16.8. The maximum absolute atomic E-state index is 13.8. The molecule has 0 fully saturated rings. The van der Waals surface area contributed by atoms with E-state index in [9.17, 15) is 13.2 Å². The van der Waals surface area contributed by atoms with E-state index in [0.29, 0.717) is 11.6 Å². The molecule has 0 spiro atoms. The fourth-order valence-corrected chi connectivity index (χ4v) is 4.84. The standard InChI is InChI=1S/C27H24ClN3O3S/c1-20-9-12-24(13-10-20)35(33,34)30-26-14-11-23(28)16-25(26)27(32)31(18-21-6-3-2-4-7-21)19-22-8-5-15-29-17-22/h2-17,30H,18-19H2,1H3. The number of pyridine rings is 1. The lowest BCUT2D eigenvalue weighted by Crippen LogP contribution is -2.31. The Hall–Kier alpha value is -3.68. The largest absolute Gasteiger partial charge is 0.330 e. The zero-order chi connectivity index (χ0) is 24.8. The fraction of sp³-hybridized carbons (Fsp3) is 0.111. The van der Waals surface area contributed by atoms with Crippen molar-refractivity contribution in [1.82, 2.24) is 9.88 Å². The van der Waals surface area contributed by atoms with Crippen LogP contribution in [0.5, 0.6) is 0 Å². The molecule has 1 aromatic heterocycles. The molecule has 178 valence electrons. The number of carbonyl (C=O) groups is 1. The number of sulfonamides is 1. The van der Waals surface area contributed by atoms with Gasteiger partial charge in [-0.05, 0) is 54.4 Å². The topological polar surface area (TPSA) is 79.4 Å². The third kappa shape index (κ3) is 6.26. The van der Waals surface area contributed by atoms with Crippen LogP contribution in [0.1, 0.15) is 27.0 Å². The summed E-state index contributed by atoms with van der Waals surface area (Å²) in [5.41, 5.74) is 3.05. The molecule has 1 amide bonds. The average Bonchev–Trinajstić information content (AvgIpc) is 2.86. The van der Waals surface area contributed by atoms with Crippen molar-refractivity contribution in [2.75, 3.05) is 4.72 Å². The Bertz CT molecular complexity index is 1370. The number of hydrogen-bond acceptors (Lipinski definition) is 4. The monoisotopic (exact) mass is 505 g/mol. The van der Waals surface area contributed by atoms with Crippen molar-refractivity contribution in [1.29, 1.82) is 0 Å². The van der Waals surface area contributed by atoms with E-state index in [2.05, 4.69) is 9.71 Å². The third-order valence-corrected chi connectivity index (χ3v) is 7.00. The maximum Gasteiger partial charge on any atom is 0.261 e. The summed E-state index contributed by atoms with van der Waals surface area (Å²) in [5.74, 6) is -0.359. The number of hydrogen-bond donors (Lipinski definition) is 1. The Kier molecular flexibility index (Phi) is 7.48. The molecule has 35 heavy (non-hydrogen) atoms. The van der Waals surface area contributed by atoms with Crippen molar-refractivity contribution in [3.05, 3.63) is 125 Å². The van der Waals surface area contributed by atoms with Gasteiger partial charge in [0, 0.05) is 30.5 Å². The first kappa shape index (κ1) is 24.4. The van der Waals surface area contributed by atoms with Gasteiger partial charge in [0.05, 0.1) is 16.1 Å². The molecule has 0 aliphatic rings. The number of nitrogens with one attached hydrogen (secondary N) is 1. The van der Waals surface area contributed by atoms with Crippen LogP contribution in [0.2, 0.25) is 5.02 Å².